The number of carbonyl (C=O) groups is 1. The fraction of sp³-hybridized carbons (Fsp3) is 0.538. The molecule has 34 heavy (non-hydrogen) atoms. The molecule has 1 amide bonds. The number of thioether (sulfide) groups is 1. The van der Waals surface area contributed by atoms with Crippen LogP contribution in [0.5, 0.6) is 0 Å². The van der Waals surface area contributed by atoms with Crippen LogP contribution in [0, 0.1) is 0 Å². The number of rotatable bonds is 10. The highest BCUT2D eigenvalue weighted by molar-refractivity contribution is 8.26. The van der Waals surface area contributed by atoms with Gasteiger partial charge in [-0.1, -0.05) is 88.3 Å². The van der Waals surface area contributed by atoms with Crippen LogP contribution in [0.15, 0.2) is 34.1 Å². The standard InChI is InChI=1S/C26H34N4O2S2/c1-2-3-4-5-6-11-17-30-25(32)21(34-26(30)33)18-20-23(27-19-13-8-7-9-14-19)28-22-15-10-12-16-29(22)24(20)31/h10,12,15-16,18-19,27H,2-9,11,13-14,17H2,1H3/b21-18+. The van der Waals surface area contributed by atoms with Crippen LogP contribution in [-0.2, 0) is 4.79 Å². The second-order valence-electron chi connectivity index (χ2n) is 9.19. The lowest BCUT2D eigenvalue weighted by atomic mass is 9.95. The lowest BCUT2D eigenvalue weighted by Gasteiger charge is -2.24. The van der Waals surface area contributed by atoms with Gasteiger partial charge in [-0.15, -0.1) is 0 Å². The summed E-state index contributed by atoms with van der Waals surface area (Å²) in [5.74, 6) is 0.453. The van der Waals surface area contributed by atoms with Crippen molar-refractivity contribution in [1.29, 1.82) is 0 Å². The predicted octanol–water partition coefficient (Wildman–Crippen LogP) is 6.00. The molecule has 1 aliphatic heterocycles. The largest absolute Gasteiger partial charge is 0.367 e. The average molecular weight is 499 g/mol. The Morgan fingerprint density at radius 2 is 1.88 bits per heavy atom. The van der Waals surface area contributed by atoms with Crippen molar-refractivity contribution in [2.24, 2.45) is 0 Å². The van der Waals surface area contributed by atoms with Crippen LogP contribution >= 0.6 is 24.0 Å². The van der Waals surface area contributed by atoms with Crippen LogP contribution in [0.25, 0.3) is 11.7 Å². The van der Waals surface area contributed by atoms with Crippen LogP contribution in [0.3, 0.4) is 0 Å². The summed E-state index contributed by atoms with van der Waals surface area (Å²) < 4.78 is 2.11. The number of hydrogen-bond acceptors (Lipinski definition) is 6. The second-order valence-corrected chi connectivity index (χ2v) is 10.9. The summed E-state index contributed by atoms with van der Waals surface area (Å²) in [4.78, 5) is 33.5. The number of aromatic nitrogens is 2. The normalized spacial score (nSPS) is 18.4. The Balaban J connectivity index is 1.57. The predicted molar refractivity (Wildman–Crippen MR) is 145 cm³/mol. The van der Waals surface area contributed by atoms with Gasteiger partial charge in [0.15, 0.2) is 0 Å². The molecule has 0 radical (unpaired) electrons. The van der Waals surface area contributed by atoms with E-state index in [0.29, 0.717) is 38.8 Å². The topological polar surface area (TPSA) is 66.7 Å². The quantitative estimate of drug-likeness (QED) is 0.246. The van der Waals surface area contributed by atoms with E-state index < -0.39 is 0 Å². The zero-order valence-corrected chi connectivity index (χ0v) is 21.6. The maximum Gasteiger partial charge on any atom is 0.267 e. The Morgan fingerprint density at radius 3 is 2.68 bits per heavy atom. The van der Waals surface area contributed by atoms with Crippen LogP contribution in [0.1, 0.15) is 83.1 Å². The molecule has 2 aliphatic rings. The number of nitrogens with one attached hydrogen (secondary N) is 1. The third-order valence-electron chi connectivity index (χ3n) is 6.60. The van der Waals surface area contributed by atoms with Crippen molar-refractivity contribution in [2.75, 3.05) is 11.9 Å². The molecule has 1 aliphatic carbocycles. The molecule has 0 spiro atoms. The van der Waals surface area contributed by atoms with Crippen molar-refractivity contribution in [3.8, 4) is 0 Å². The molecular weight excluding hydrogens is 464 g/mol. The molecule has 6 nitrogen and oxygen atoms in total. The first-order valence-corrected chi connectivity index (χ1v) is 13.8. The lowest BCUT2D eigenvalue weighted by molar-refractivity contribution is -0.122. The molecule has 3 heterocycles. The van der Waals surface area contributed by atoms with Crippen molar-refractivity contribution >= 4 is 51.7 Å². The number of thiocarbonyl (C=S) groups is 1. The number of fused-ring (bicyclic) bond motifs is 1. The van der Waals surface area contributed by atoms with Crippen molar-refractivity contribution < 1.29 is 4.79 Å². The van der Waals surface area contributed by atoms with Crippen molar-refractivity contribution in [3.63, 3.8) is 0 Å². The minimum absolute atomic E-state index is 0.107. The molecule has 4 rings (SSSR count). The van der Waals surface area contributed by atoms with Gasteiger partial charge in [0, 0.05) is 18.8 Å². The minimum atomic E-state index is -0.176. The van der Waals surface area contributed by atoms with Crippen molar-refractivity contribution in [2.45, 2.75) is 83.6 Å². The van der Waals surface area contributed by atoms with Gasteiger partial charge in [-0.05, 0) is 37.5 Å². The molecule has 1 saturated carbocycles. The fourth-order valence-electron chi connectivity index (χ4n) is 4.66. The molecule has 0 atom stereocenters. The molecule has 0 bridgehead atoms. The van der Waals surface area contributed by atoms with Crippen LogP contribution in [0.4, 0.5) is 5.82 Å². The van der Waals surface area contributed by atoms with E-state index in [-0.39, 0.29) is 11.5 Å². The third kappa shape index (κ3) is 5.89. The van der Waals surface area contributed by atoms with Gasteiger partial charge in [-0.2, -0.15) is 0 Å². The first-order valence-electron chi connectivity index (χ1n) is 12.6. The first kappa shape index (κ1) is 24.9. The molecule has 182 valence electrons. The molecule has 0 unspecified atom stereocenters. The summed E-state index contributed by atoms with van der Waals surface area (Å²) in [6.45, 7) is 2.84. The van der Waals surface area contributed by atoms with Gasteiger partial charge in [0.05, 0.1) is 10.5 Å². The molecule has 2 aromatic heterocycles. The number of hydrogen-bond donors (Lipinski definition) is 1. The zero-order valence-electron chi connectivity index (χ0n) is 19.9. The summed E-state index contributed by atoms with van der Waals surface area (Å²) >= 11 is 6.80. The number of anilines is 1. The lowest BCUT2D eigenvalue weighted by Crippen LogP contribution is -2.29. The molecule has 1 N–H and O–H groups in total. The molecule has 1 saturated heterocycles. The van der Waals surface area contributed by atoms with E-state index >= 15 is 0 Å². The summed E-state index contributed by atoms with van der Waals surface area (Å²) in [6.07, 6.45) is 16.1. The van der Waals surface area contributed by atoms with E-state index in [1.807, 2.05) is 18.2 Å². The van der Waals surface area contributed by atoms with E-state index in [0.717, 1.165) is 25.7 Å². The Kier molecular flexibility index (Phi) is 8.78. The summed E-state index contributed by atoms with van der Waals surface area (Å²) in [7, 11) is 0. The van der Waals surface area contributed by atoms with E-state index in [2.05, 4.69) is 12.2 Å². The molecular formula is C26H34N4O2S2. The highest BCUT2D eigenvalue weighted by Crippen LogP contribution is 2.33. The zero-order chi connectivity index (χ0) is 23.9. The van der Waals surface area contributed by atoms with Gasteiger partial charge in [0.2, 0.25) is 0 Å². The summed E-state index contributed by atoms with van der Waals surface area (Å²) in [5.41, 5.74) is 0.845. The van der Waals surface area contributed by atoms with E-state index in [4.69, 9.17) is 17.2 Å². The third-order valence-corrected chi connectivity index (χ3v) is 7.98. The van der Waals surface area contributed by atoms with Crippen LogP contribution in [0.2, 0.25) is 0 Å². The van der Waals surface area contributed by atoms with Gasteiger partial charge >= 0.3 is 0 Å². The number of unbranched alkanes of at least 4 members (excludes halogenated alkanes) is 5. The smallest absolute Gasteiger partial charge is 0.267 e. The first-order chi connectivity index (χ1) is 16.6. The highest BCUT2D eigenvalue weighted by atomic mass is 32.2. The Bertz CT molecular complexity index is 1120. The molecule has 2 fully saturated rings. The highest BCUT2D eigenvalue weighted by Gasteiger charge is 2.32. The van der Waals surface area contributed by atoms with Crippen LogP contribution in [-0.4, -0.2) is 37.1 Å². The maximum absolute atomic E-state index is 13.4. The van der Waals surface area contributed by atoms with Gasteiger partial charge in [0.1, 0.15) is 15.8 Å². The minimum Gasteiger partial charge on any atom is -0.367 e. The number of amides is 1. The van der Waals surface area contributed by atoms with Gasteiger partial charge in [-0.25, -0.2) is 4.98 Å². The van der Waals surface area contributed by atoms with E-state index in [1.165, 1.54) is 61.1 Å². The molecule has 8 heteroatoms. The monoisotopic (exact) mass is 498 g/mol. The fourth-order valence-corrected chi connectivity index (χ4v) is 5.95. The Labute approximate surface area is 211 Å². The average Bonchev–Trinajstić information content (AvgIpc) is 3.11. The molecule has 2 aromatic rings. The van der Waals surface area contributed by atoms with E-state index in [1.54, 1.807) is 17.2 Å². The number of nitrogens with zero attached hydrogens (tertiary/aromatic N) is 3. The van der Waals surface area contributed by atoms with E-state index in [9.17, 15) is 9.59 Å². The summed E-state index contributed by atoms with van der Waals surface area (Å²) in [5, 5.41) is 3.52. The van der Waals surface area contributed by atoms with Gasteiger partial charge in [0.25, 0.3) is 11.5 Å². The number of pyridine rings is 1. The van der Waals surface area contributed by atoms with Gasteiger partial charge in [-0.3, -0.25) is 18.9 Å². The molecule has 0 aromatic carbocycles. The van der Waals surface area contributed by atoms with Crippen molar-refractivity contribution in [1.82, 2.24) is 14.3 Å². The van der Waals surface area contributed by atoms with Gasteiger partial charge < -0.3 is 5.32 Å². The van der Waals surface area contributed by atoms with Crippen molar-refractivity contribution in [3.05, 3.63) is 45.2 Å². The maximum atomic E-state index is 13.4. The Hall–Kier alpha value is -2.19. The van der Waals surface area contributed by atoms with Crippen LogP contribution < -0.4 is 10.9 Å². The summed E-state index contributed by atoms with van der Waals surface area (Å²) in [6, 6.07) is 5.81. The Morgan fingerprint density at radius 1 is 1.12 bits per heavy atom. The second kappa shape index (κ2) is 12.0. The number of carbonyl (C=O) groups excluding carboxylic acids is 1. The SMILES string of the molecule is CCCCCCCCN1C(=O)/C(=C\c2c(NC3CCCCC3)nc3ccccn3c2=O)SC1=S.